The Morgan fingerprint density at radius 1 is 1.46 bits per heavy atom. The van der Waals surface area contributed by atoms with Crippen molar-refractivity contribution in [1.29, 1.82) is 0 Å². The molecule has 2 saturated heterocycles. The topological polar surface area (TPSA) is 24.5 Å². The van der Waals surface area contributed by atoms with Gasteiger partial charge in [0.05, 0.1) is 6.10 Å². The van der Waals surface area contributed by atoms with Crippen LogP contribution in [0, 0.1) is 5.92 Å². The zero-order valence-corrected chi connectivity index (χ0v) is 8.46. The molecule has 0 saturated carbocycles. The first-order valence-electron chi connectivity index (χ1n) is 5.39. The molecule has 0 aliphatic carbocycles. The molecule has 0 spiro atoms. The first-order chi connectivity index (χ1) is 6.34. The number of ether oxygens (including phenoxy) is 1. The van der Waals surface area contributed by atoms with Gasteiger partial charge in [-0.15, -0.1) is 0 Å². The van der Waals surface area contributed by atoms with Crippen molar-refractivity contribution in [3.8, 4) is 0 Å². The van der Waals surface area contributed by atoms with Crippen LogP contribution >= 0.6 is 0 Å². The van der Waals surface area contributed by atoms with Gasteiger partial charge in [-0.3, -0.25) is 0 Å². The number of nitrogens with zero attached hydrogens (tertiary/aromatic N) is 1. The van der Waals surface area contributed by atoms with Crippen molar-refractivity contribution >= 4 is 0 Å². The fourth-order valence-corrected chi connectivity index (χ4v) is 2.09. The van der Waals surface area contributed by atoms with Crippen molar-refractivity contribution in [3.05, 3.63) is 0 Å². The van der Waals surface area contributed by atoms with Gasteiger partial charge in [0, 0.05) is 39.3 Å². The van der Waals surface area contributed by atoms with E-state index in [2.05, 4.69) is 17.1 Å². The van der Waals surface area contributed by atoms with Crippen LogP contribution in [0.25, 0.3) is 0 Å². The van der Waals surface area contributed by atoms with Gasteiger partial charge in [0.25, 0.3) is 0 Å². The third kappa shape index (κ3) is 2.66. The highest BCUT2D eigenvalue weighted by Gasteiger charge is 2.22. The number of hydrogen-bond donors (Lipinski definition) is 1. The summed E-state index contributed by atoms with van der Waals surface area (Å²) in [7, 11) is 0. The Morgan fingerprint density at radius 3 is 3.00 bits per heavy atom. The molecule has 2 heterocycles. The van der Waals surface area contributed by atoms with Crippen LogP contribution in [0.3, 0.4) is 0 Å². The predicted molar refractivity (Wildman–Crippen MR) is 52.8 cm³/mol. The lowest BCUT2D eigenvalue weighted by Crippen LogP contribution is -2.49. The molecule has 2 aliphatic heterocycles. The van der Waals surface area contributed by atoms with Gasteiger partial charge in [0.1, 0.15) is 0 Å². The van der Waals surface area contributed by atoms with Gasteiger partial charge in [-0.1, -0.05) is 0 Å². The molecule has 0 bridgehead atoms. The average molecular weight is 184 g/mol. The fourth-order valence-electron chi connectivity index (χ4n) is 2.09. The van der Waals surface area contributed by atoms with Crippen LogP contribution in [0.1, 0.15) is 13.3 Å². The second kappa shape index (κ2) is 4.40. The van der Waals surface area contributed by atoms with Crippen LogP contribution in [0.2, 0.25) is 0 Å². The summed E-state index contributed by atoms with van der Waals surface area (Å²) in [5.74, 6) is 0.894. The van der Waals surface area contributed by atoms with E-state index in [0.717, 1.165) is 19.1 Å². The standard InChI is InChI=1S/C10H20N2O/c1-9-7-12(3-2-4-13-9)8-10-5-11-6-10/h9-11H,2-8H2,1H3. The number of hydrogen-bond acceptors (Lipinski definition) is 3. The summed E-state index contributed by atoms with van der Waals surface area (Å²) in [6.07, 6.45) is 1.63. The summed E-state index contributed by atoms with van der Waals surface area (Å²) in [5, 5.41) is 3.32. The summed E-state index contributed by atoms with van der Waals surface area (Å²) in [5.41, 5.74) is 0. The molecule has 3 nitrogen and oxygen atoms in total. The molecule has 2 fully saturated rings. The first kappa shape index (κ1) is 9.44. The van der Waals surface area contributed by atoms with Gasteiger partial charge < -0.3 is 15.0 Å². The zero-order valence-electron chi connectivity index (χ0n) is 8.46. The quantitative estimate of drug-likeness (QED) is 0.669. The Morgan fingerprint density at radius 2 is 2.31 bits per heavy atom. The van der Waals surface area contributed by atoms with Crippen LogP contribution in [0.5, 0.6) is 0 Å². The first-order valence-corrected chi connectivity index (χ1v) is 5.39. The van der Waals surface area contributed by atoms with Crippen LogP contribution in [-0.4, -0.2) is 50.3 Å². The maximum atomic E-state index is 5.61. The molecule has 2 rings (SSSR count). The molecule has 3 heteroatoms. The largest absolute Gasteiger partial charge is 0.377 e. The molecule has 1 N–H and O–H groups in total. The fraction of sp³-hybridized carbons (Fsp3) is 1.00. The van der Waals surface area contributed by atoms with Crippen molar-refractivity contribution in [2.75, 3.05) is 39.3 Å². The van der Waals surface area contributed by atoms with Gasteiger partial charge in [-0.2, -0.15) is 0 Å². The third-order valence-electron chi connectivity index (χ3n) is 2.92. The van der Waals surface area contributed by atoms with E-state index < -0.39 is 0 Å². The number of nitrogens with one attached hydrogen (secondary N) is 1. The predicted octanol–water partition coefficient (Wildman–Crippen LogP) is 0.317. The van der Waals surface area contributed by atoms with E-state index in [0.29, 0.717) is 6.10 Å². The molecule has 2 aliphatic rings. The zero-order chi connectivity index (χ0) is 9.10. The minimum atomic E-state index is 0.426. The van der Waals surface area contributed by atoms with Crippen molar-refractivity contribution in [2.45, 2.75) is 19.4 Å². The maximum absolute atomic E-state index is 5.61. The molecule has 1 atom stereocenters. The maximum Gasteiger partial charge on any atom is 0.0673 e. The smallest absolute Gasteiger partial charge is 0.0673 e. The van der Waals surface area contributed by atoms with E-state index in [9.17, 15) is 0 Å². The normalized spacial score (nSPS) is 32.5. The molecule has 0 radical (unpaired) electrons. The van der Waals surface area contributed by atoms with Crippen LogP contribution in [0.15, 0.2) is 0 Å². The molecule has 1 unspecified atom stereocenters. The molecular weight excluding hydrogens is 164 g/mol. The highest BCUT2D eigenvalue weighted by atomic mass is 16.5. The molecule has 0 aromatic heterocycles. The van der Waals surface area contributed by atoms with Crippen molar-refractivity contribution < 1.29 is 4.74 Å². The molecular formula is C10H20N2O. The second-order valence-electron chi connectivity index (χ2n) is 4.32. The highest BCUT2D eigenvalue weighted by molar-refractivity contribution is 4.79. The highest BCUT2D eigenvalue weighted by Crippen LogP contribution is 2.10. The van der Waals surface area contributed by atoms with E-state index in [1.165, 1.54) is 32.6 Å². The van der Waals surface area contributed by atoms with Gasteiger partial charge >= 0.3 is 0 Å². The monoisotopic (exact) mass is 184 g/mol. The number of rotatable bonds is 2. The van der Waals surface area contributed by atoms with Crippen molar-refractivity contribution in [2.24, 2.45) is 5.92 Å². The Hall–Kier alpha value is -0.120. The summed E-state index contributed by atoms with van der Waals surface area (Å²) in [6.45, 7) is 9.16. The van der Waals surface area contributed by atoms with E-state index in [-0.39, 0.29) is 0 Å². The molecule has 13 heavy (non-hydrogen) atoms. The van der Waals surface area contributed by atoms with Crippen LogP contribution in [-0.2, 0) is 4.74 Å². The van der Waals surface area contributed by atoms with E-state index in [1.54, 1.807) is 0 Å². The van der Waals surface area contributed by atoms with E-state index in [1.807, 2.05) is 0 Å². The van der Waals surface area contributed by atoms with Gasteiger partial charge in [-0.25, -0.2) is 0 Å². The van der Waals surface area contributed by atoms with Gasteiger partial charge in [-0.05, 0) is 19.3 Å². The van der Waals surface area contributed by atoms with E-state index in [4.69, 9.17) is 4.74 Å². The van der Waals surface area contributed by atoms with Gasteiger partial charge in [0.2, 0.25) is 0 Å². The Balaban J connectivity index is 1.75. The van der Waals surface area contributed by atoms with Gasteiger partial charge in [0.15, 0.2) is 0 Å². The summed E-state index contributed by atoms with van der Waals surface area (Å²) in [6, 6.07) is 0. The summed E-state index contributed by atoms with van der Waals surface area (Å²) < 4.78 is 5.61. The summed E-state index contributed by atoms with van der Waals surface area (Å²) in [4.78, 5) is 2.56. The SMILES string of the molecule is CC1CN(CC2CNC2)CCCO1. The third-order valence-corrected chi connectivity index (χ3v) is 2.92. The second-order valence-corrected chi connectivity index (χ2v) is 4.32. The minimum absolute atomic E-state index is 0.426. The van der Waals surface area contributed by atoms with Crippen molar-refractivity contribution in [1.82, 2.24) is 10.2 Å². The van der Waals surface area contributed by atoms with Crippen LogP contribution < -0.4 is 5.32 Å². The van der Waals surface area contributed by atoms with E-state index >= 15 is 0 Å². The molecule has 76 valence electrons. The summed E-state index contributed by atoms with van der Waals surface area (Å²) >= 11 is 0. The minimum Gasteiger partial charge on any atom is -0.377 e. The Kier molecular flexibility index (Phi) is 3.19. The van der Waals surface area contributed by atoms with Crippen molar-refractivity contribution in [3.63, 3.8) is 0 Å². The van der Waals surface area contributed by atoms with Crippen LogP contribution in [0.4, 0.5) is 0 Å². The average Bonchev–Trinajstić information content (AvgIpc) is 2.22. The molecule has 0 aromatic carbocycles. The molecule has 0 amide bonds. The lowest BCUT2D eigenvalue weighted by Gasteiger charge is -2.33. The lowest BCUT2D eigenvalue weighted by molar-refractivity contribution is 0.0638. The lowest BCUT2D eigenvalue weighted by atomic mass is 10.0. The Bertz CT molecular complexity index is 159. The molecule has 0 aromatic rings. The Labute approximate surface area is 80.4 Å².